The van der Waals surface area contributed by atoms with Crippen molar-refractivity contribution in [2.45, 2.75) is 25.4 Å². The van der Waals surface area contributed by atoms with Gasteiger partial charge in [0, 0.05) is 31.9 Å². The number of nitrogens with one attached hydrogen (secondary N) is 1. The van der Waals surface area contributed by atoms with Crippen LogP contribution in [0.5, 0.6) is 0 Å². The van der Waals surface area contributed by atoms with Crippen LogP contribution in [-0.2, 0) is 6.54 Å². The highest BCUT2D eigenvalue weighted by atomic mass is 15.2. The maximum atomic E-state index is 4.44. The summed E-state index contributed by atoms with van der Waals surface area (Å²) in [5.41, 5.74) is 2.55. The highest BCUT2D eigenvalue weighted by Crippen LogP contribution is 2.29. The highest BCUT2D eigenvalue weighted by molar-refractivity contribution is 5.53. The molecule has 3 rings (SSSR count). The molecule has 0 radical (unpaired) electrons. The van der Waals surface area contributed by atoms with Gasteiger partial charge in [-0.2, -0.15) is 0 Å². The van der Waals surface area contributed by atoms with E-state index >= 15 is 0 Å². The Kier molecular flexibility index (Phi) is 1.91. The molecule has 0 saturated carbocycles. The summed E-state index contributed by atoms with van der Waals surface area (Å²) in [4.78, 5) is 6.95. The zero-order chi connectivity index (χ0) is 9.38. The second kappa shape index (κ2) is 3.24. The molecule has 1 N–H and O–H groups in total. The van der Waals surface area contributed by atoms with Gasteiger partial charge in [-0.25, -0.2) is 0 Å². The van der Waals surface area contributed by atoms with Gasteiger partial charge in [0.2, 0.25) is 0 Å². The van der Waals surface area contributed by atoms with Crippen LogP contribution in [0, 0.1) is 0 Å². The first kappa shape index (κ1) is 8.24. The Morgan fingerprint density at radius 1 is 1.50 bits per heavy atom. The number of pyridine rings is 1. The maximum absolute atomic E-state index is 4.44. The lowest BCUT2D eigenvalue weighted by molar-refractivity contribution is 0.591. The van der Waals surface area contributed by atoms with Crippen LogP contribution in [0.3, 0.4) is 0 Å². The first-order valence-electron chi connectivity index (χ1n) is 5.36. The van der Waals surface area contributed by atoms with E-state index in [9.17, 15) is 0 Å². The number of rotatable bonds is 0. The van der Waals surface area contributed by atoms with Gasteiger partial charge in [0.15, 0.2) is 0 Å². The Morgan fingerprint density at radius 3 is 3.50 bits per heavy atom. The average molecular weight is 189 g/mol. The van der Waals surface area contributed by atoms with Crippen molar-refractivity contribution in [1.82, 2.24) is 10.3 Å². The van der Waals surface area contributed by atoms with Gasteiger partial charge in [-0.15, -0.1) is 0 Å². The maximum Gasteiger partial charge on any atom is 0.0774 e. The molecule has 0 bridgehead atoms. The van der Waals surface area contributed by atoms with E-state index < -0.39 is 0 Å². The smallest absolute Gasteiger partial charge is 0.0774 e. The summed E-state index contributed by atoms with van der Waals surface area (Å²) >= 11 is 0. The molecule has 3 heterocycles. The lowest BCUT2D eigenvalue weighted by Crippen LogP contribution is -2.34. The van der Waals surface area contributed by atoms with E-state index in [2.05, 4.69) is 21.3 Å². The van der Waals surface area contributed by atoms with Crippen molar-refractivity contribution in [2.24, 2.45) is 0 Å². The van der Waals surface area contributed by atoms with Gasteiger partial charge in [0.1, 0.15) is 0 Å². The van der Waals surface area contributed by atoms with E-state index in [0.29, 0.717) is 6.04 Å². The summed E-state index contributed by atoms with van der Waals surface area (Å²) in [5.74, 6) is 0. The normalized spacial score (nSPS) is 25.4. The van der Waals surface area contributed by atoms with Crippen molar-refractivity contribution < 1.29 is 0 Å². The van der Waals surface area contributed by atoms with Crippen molar-refractivity contribution >= 4 is 5.69 Å². The molecule has 3 heteroatoms. The van der Waals surface area contributed by atoms with Crippen molar-refractivity contribution in [3.8, 4) is 0 Å². The SMILES string of the molecule is c1cnc2c(c1)N1CCCC1CNC2. The number of fused-ring (bicyclic) bond motifs is 3. The van der Waals surface area contributed by atoms with Crippen LogP contribution in [-0.4, -0.2) is 24.1 Å². The van der Waals surface area contributed by atoms with Gasteiger partial charge >= 0.3 is 0 Å². The van der Waals surface area contributed by atoms with Gasteiger partial charge in [-0.05, 0) is 25.0 Å². The summed E-state index contributed by atoms with van der Waals surface area (Å²) < 4.78 is 0. The molecular weight excluding hydrogens is 174 g/mol. The van der Waals surface area contributed by atoms with Gasteiger partial charge in [0.25, 0.3) is 0 Å². The summed E-state index contributed by atoms with van der Waals surface area (Å²) in [5, 5.41) is 3.47. The minimum atomic E-state index is 0.695. The van der Waals surface area contributed by atoms with Crippen LogP contribution in [0.25, 0.3) is 0 Å². The third-order valence-corrected chi connectivity index (χ3v) is 3.23. The largest absolute Gasteiger partial charge is 0.366 e. The van der Waals surface area contributed by atoms with Gasteiger partial charge in [-0.3, -0.25) is 4.98 Å². The molecule has 1 aromatic heterocycles. The molecule has 1 aromatic rings. The Balaban J connectivity index is 2.04. The van der Waals surface area contributed by atoms with Crippen molar-refractivity contribution in [3.05, 3.63) is 24.0 Å². The number of nitrogens with zero attached hydrogens (tertiary/aromatic N) is 2. The van der Waals surface area contributed by atoms with Gasteiger partial charge in [0.05, 0.1) is 11.4 Å². The van der Waals surface area contributed by atoms with Gasteiger partial charge < -0.3 is 10.2 Å². The number of anilines is 1. The minimum Gasteiger partial charge on any atom is -0.366 e. The Labute approximate surface area is 84.1 Å². The number of aromatic nitrogens is 1. The zero-order valence-corrected chi connectivity index (χ0v) is 8.24. The predicted molar refractivity (Wildman–Crippen MR) is 56.3 cm³/mol. The van der Waals surface area contributed by atoms with Crippen LogP contribution in [0.15, 0.2) is 18.3 Å². The van der Waals surface area contributed by atoms with Crippen LogP contribution in [0.1, 0.15) is 18.5 Å². The molecule has 1 unspecified atom stereocenters. The molecule has 0 amide bonds. The Morgan fingerprint density at radius 2 is 2.50 bits per heavy atom. The first-order chi connectivity index (χ1) is 6.95. The average Bonchev–Trinajstić information content (AvgIpc) is 2.61. The molecule has 0 spiro atoms. The Bertz CT molecular complexity index is 337. The highest BCUT2D eigenvalue weighted by Gasteiger charge is 2.28. The molecule has 2 aliphatic heterocycles. The van der Waals surface area contributed by atoms with E-state index in [4.69, 9.17) is 0 Å². The Hall–Kier alpha value is -1.09. The number of hydrogen-bond acceptors (Lipinski definition) is 3. The standard InChI is InChI=1S/C11H15N3/c1-4-11-10(13-5-1)8-12-7-9-3-2-6-14(9)11/h1,4-5,9,12H,2-3,6-8H2. The fraction of sp³-hybridized carbons (Fsp3) is 0.545. The molecule has 0 aromatic carbocycles. The second-order valence-corrected chi connectivity index (χ2v) is 4.09. The monoisotopic (exact) mass is 189 g/mol. The quantitative estimate of drug-likeness (QED) is 0.663. The van der Waals surface area contributed by atoms with E-state index in [0.717, 1.165) is 13.1 Å². The van der Waals surface area contributed by atoms with E-state index in [1.165, 1.54) is 30.8 Å². The molecule has 74 valence electrons. The lowest BCUT2D eigenvalue weighted by Gasteiger charge is -2.24. The summed E-state index contributed by atoms with van der Waals surface area (Å²) in [6.07, 6.45) is 4.53. The molecule has 1 fully saturated rings. The van der Waals surface area contributed by atoms with Crippen LogP contribution >= 0.6 is 0 Å². The number of hydrogen-bond donors (Lipinski definition) is 1. The zero-order valence-electron chi connectivity index (χ0n) is 8.24. The summed E-state index contributed by atoms with van der Waals surface area (Å²) in [7, 11) is 0. The van der Waals surface area contributed by atoms with Crippen LogP contribution < -0.4 is 10.2 Å². The third-order valence-electron chi connectivity index (χ3n) is 3.23. The van der Waals surface area contributed by atoms with Crippen LogP contribution in [0.2, 0.25) is 0 Å². The molecular formula is C11H15N3. The van der Waals surface area contributed by atoms with E-state index in [1.807, 2.05) is 12.3 Å². The fourth-order valence-corrected chi connectivity index (χ4v) is 2.55. The lowest BCUT2D eigenvalue weighted by atomic mass is 10.2. The molecule has 1 atom stereocenters. The first-order valence-corrected chi connectivity index (χ1v) is 5.36. The fourth-order valence-electron chi connectivity index (χ4n) is 2.55. The molecule has 2 aliphatic rings. The van der Waals surface area contributed by atoms with Gasteiger partial charge in [-0.1, -0.05) is 0 Å². The van der Waals surface area contributed by atoms with E-state index in [1.54, 1.807) is 0 Å². The van der Waals surface area contributed by atoms with Crippen molar-refractivity contribution in [1.29, 1.82) is 0 Å². The topological polar surface area (TPSA) is 28.2 Å². The predicted octanol–water partition coefficient (Wildman–Crippen LogP) is 1.15. The summed E-state index contributed by atoms with van der Waals surface area (Å²) in [6.45, 7) is 3.23. The minimum absolute atomic E-state index is 0.695. The molecule has 3 nitrogen and oxygen atoms in total. The molecule has 1 saturated heterocycles. The molecule has 14 heavy (non-hydrogen) atoms. The van der Waals surface area contributed by atoms with E-state index in [-0.39, 0.29) is 0 Å². The van der Waals surface area contributed by atoms with Crippen molar-refractivity contribution in [2.75, 3.05) is 18.0 Å². The second-order valence-electron chi connectivity index (χ2n) is 4.09. The third kappa shape index (κ3) is 1.20. The van der Waals surface area contributed by atoms with Crippen molar-refractivity contribution in [3.63, 3.8) is 0 Å². The molecule has 0 aliphatic carbocycles. The van der Waals surface area contributed by atoms with Crippen LogP contribution in [0.4, 0.5) is 5.69 Å². The summed E-state index contributed by atoms with van der Waals surface area (Å²) in [6, 6.07) is 4.94.